The van der Waals surface area contributed by atoms with E-state index in [1.54, 1.807) is 7.11 Å². The maximum atomic E-state index is 6.09. The third kappa shape index (κ3) is 3.19. The number of nitrogens with zero attached hydrogens (tertiary/aromatic N) is 3. The number of methoxy groups -OCH3 is 1. The van der Waals surface area contributed by atoms with Crippen molar-refractivity contribution in [3.63, 3.8) is 0 Å². The summed E-state index contributed by atoms with van der Waals surface area (Å²) in [6, 6.07) is 0. The largest absolute Gasteiger partial charge is 0.378 e. The molecule has 0 radical (unpaired) electrons. The maximum Gasteiger partial charge on any atom is 0.160 e. The van der Waals surface area contributed by atoms with Gasteiger partial charge in [-0.1, -0.05) is 11.6 Å². The van der Waals surface area contributed by atoms with Crippen LogP contribution < -0.4 is 0 Å². The maximum absolute atomic E-state index is 6.09. The Morgan fingerprint density at radius 3 is 3.00 bits per heavy atom. The molecule has 1 unspecified atom stereocenters. The highest BCUT2D eigenvalue weighted by atomic mass is 79.9. The van der Waals surface area contributed by atoms with Crippen molar-refractivity contribution in [3.8, 4) is 0 Å². The number of rotatable bonds is 3. The van der Waals surface area contributed by atoms with Crippen LogP contribution in [0.4, 0.5) is 0 Å². The predicted octanol–water partition coefficient (Wildman–Crippen LogP) is 2.04. The van der Waals surface area contributed by atoms with Gasteiger partial charge in [0, 0.05) is 20.2 Å². The van der Waals surface area contributed by atoms with Crippen LogP contribution in [0.2, 0.25) is 5.15 Å². The molecule has 2 heterocycles. The van der Waals surface area contributed by atoms with E-state index in [1.165, 1.54) is 0 Å². The highest BCUT2D eigenvalue weighted by molar-refractivity contribution is 9.10. The van der Waals surface area contributed by atoms with Gasteiger partial charge in [-0.15, -0.1) is 0 Å². The van der Waals surface area contributed by atoms with Gasteiger partial charge in [-0.2, -0.15) is 0 Å². The van der Waals surface area contributed by atoms with Gasteiger partial charge in [-0.3, -0.25) is 0 Å². The molecule has 5 nitrogen and oxygen atoms in total. The Labute approximate surface area is 120 Å². The van der Waals surface area contributed by atoms with Gasteiger partial charge in [0.2, 0.25) is 0 Å². The van der Waals surface area contributed by atoms with E-state index < -0.39 is 0 Å². The Kier molecular flexibility index (Phi) is 4.91. The van der Waals surface area contributed by atoms with Crippen molar-refractivity contribution in [3.05, 3.63) is 21.1 Å². The number of halogens is 2. The van der Waals surface area contributed by atoms with Crippen molar-refractivity contribution >= 4 is 27.5 Å². The molecule has 0 spiro atoms. The number of ether oxygens (including phenoxy) is 2. The second kappa shape index (κ2) is 6.25. The van der Waals surface area contributed by atoms with E-state index in [4.69, 9.17) is 21.1 Å². The predicted molar refractivity (Wildman–Crippen MR) is 71.6 cm³/mol. The molecule has 0 bridgehead atoms. The summed E-state index contributed by atoms with van der Waals surface area (Å²) in [4.78, 5) is 10.9. The van der Waals surface area contributed by atoms with E-state index >= 15 is 0 Å². The number of likely N-dealkylation sites (N-methyl/N-ethyl adjacent to an activating group) is 1. The molecule has 1 fully saturated rings. The average molecular weight is 337 g/mol. The molecule has 100 valence electrons. The van der Waals surface area contributed by atoms with Crippen molar-refractivity contribution in [2.75, 3.05) is 33.9 Å². The highest BCUT2D eigenvalue weighted by Gasteiger charge is 2.24. The van der Waals surface area contributed by atoms with Gasteiger partial charge < -0.3 is 14.4 Å². The van der Waals surface area contributed by atoms with Crippen LogP contribution >= 0.6 is 27.5 Å². The minimum Gasteiger partial charge on any atom is -0.378 e. The number of hydrogen-bond acceptors (Lipinski definition) is 5. The molecule has 0 N–H and O–H groups in total. The van der Waals surface area contributed by atoms with E-state index in [1.807, 2.05) is 7.05 Å². The molecule has 1 aliphatic rings. The monoisotopic (exact) mass is 335 g/mol. The fraction of sp³-hybridized carbons (Fsp3) is 0.636. The summed E-state index contributed by atoms with van der Waals surface area (Å²) < 4.78 is 11.5. The number of morpholine rings is 1. The molecule has 0 saturated carbocycles. The molecule has 0 aliphatic carbocycles. The number of hydrogen-bond donors (Lipinski definition) is 0. The van der Waals surface area contributed by atoms with Gasteiger partial charge in [0.1, 0.15) is 11.3 Å². The van der Waals surface area contributed by atoms with Crippen molar-refractivity contribution in [1.29, 1.82) is 0 Å². The van der Waals surface area contributed by atoms with E-state index in [0.717, 1.165) is 18.8 Å². The van der Waals surface area contributed by atoms with Crippen LogP contribution in [0.25, 0.3) is 0 Å². The second-order valence-electron chi connectivity index (χ2n) is 4.19. The zero-order valence-corrected chi connectivity index (χ0v) is 12.7. The first-order valence-electron chi connectivity index (χ1n) is 5.62. The van der Waals surface area contributed by atoms with E-state index in [9.17, 15) is 0 Å². The van der Waals surface area contributed by atoms with Gasteiger partial charge >= 0.3 is 0 Å². The topological polar surface area (TPSA) is 47.5 Å². The molecular formula is C11H15BrClN3O2. The fourth-order valence-electron chi connectivity index (χ4n) is 1.79. The smallest absolute Gasteiger partial charge is 0.160 e. The Morgan fingerprint density at radius 2 is 2.33 bits per heavy atom. The van der Waals surface area contributed by atoms with Crippen LogP contribution in [0.1, 0.15) is 17.6 Å². The summed E-state index contributed by atoms with van der Waals surface area (Å²) in [5.74, 6) is 0.613. The lowest BCUT2D eigenvalue weighted by atomic mass is 10.2. The van der Waals surface area contributed by atoms with Crippen LogP contribution in [-0.2, 0) is 16.1 Å². The SMILES string of the molecule is COCc1nc(C2CN(C)CCO2)nc(Cl)c1Br. The van der Waals surface area contributed by atoms with Crippen molar-refractivity contribution in [1.82, 2.24) is 14.9 Å². The molecule has 0 aromatic carbocycles. The molecule has 1 atom stereocenters. The van der Waals surface area contributed by atoms with E-state index in [-0.39, 0.29) is 6.10 Å². The van der Waals surface area contributed by atoms with Crippen molar-refractivity contribution in [2.45, 2.75) is 12.7 Å². The number of aromatic nitrogens is 2. The Hall–Kier alpha value is -0.270. The molecule has 1 aromatic heterocycles. The minimum atomic E-state index is -0.134. The van der Waals surface area contributed by atoms with E-state index in [0.29, 0.717) is 28.7 Å². The molecular weight excluding hydrogens is 321 g/mol. The third-order valence-corrected chi connectivity index (χ3v) is 4.07. The normalized spacial score (nSPS) is 21.2. The van der Waals surface area contributed by atoms with Crippen LogP contribution in [-0.4, -0.2) is 48.7 Å². The van der Waals surface area contributed by atoms with Gasteiger partial charge in [0.15, 0.2) is 5.82 Å². The summed E-state index contributed by atoms with van der Waals surface area (Å²) in [6.07, 6.45) is -0.134. The summed E-state index contributed by atoms with van der Waals surface area (Å²) in [5, 5.41) is 0.392. The van der Waals surface area contributed by atoms with Gasteiger partial charge in [0.05, 0.1) is 23.4 Å². The van der Waals surface area contributed by atoms with Crippen LogP contribution in [0, 0.1) is 0 Å². The quantitative estimate of drug-likeness (QED) is 0.791. The molecule has 18 heavy (non-hydrogen) atoms. The molecule has 7 heteroatoms. The van der Waals surface area contributed by atoms with Gasteiger partial charge in [-0.05, 0) is 23.0 Å². The molecule has 1 aliphatic heterocycles. The summed E-state index contributed by atoms with van der Waals surface area (Å²) in [6.45, 7) is 2.76. The fourth-order valence-corrected chi connectivity index (χ4v) is 2.28. The Balaban J connectivity index is 2.27. The Bertz CT molecular complexity index is 433. The molecule has 1 saturated heterocycles. The zero-order valence-electron chi connectivity index (χ0n) is 10.3. The van der Waals surface area contributed by atoms with Crippen molar-refractivity contribution in [2.24, 2.45) is 0 Å². The zero-order chi connectivity index (χ0) is 13.1. The van der Waals surface area contributed by atoms with Crippen molar-refractivity contribution < 1.29 is 9.47 Å². The first-order chi connectivity index (χ1) is 8.61. The molecule has 1 aromatic rings. The second-order valence-corrected chi connectivity index (χ2v) is 5.34. The van der Waals surface area contributed by atoms with E-state index in [2.05, 4.69) is 30.8 Å². The van der Waals surface area contributed by atoms with Gasteiger partial charge in [0.25, 0.3) is 0 Å². The lowest BCUT2D eigenvalue weighted by molar-refractivity contribution is -0.0257. The summed E-state index contributed by atoms with van der Waals surface area (Å²) >= 11 is 9.45. The summed E-state index contributed by atoms with van der Waals surface area (Å²) in [5.41, 5.74) is 0.740. The lowest BCUT2D eigenvalue weighted by Crippen LogP contribution is -2.36. The Morgan fingerprint density at radius 1 is 1.56 bits per heavy atom. The minimum absolute atomic E-state index is 0.134. The van der Waals surface area contributed by atoms with Gasteiger partial charge in [-0.25, -0.2) is 9.97 Å². The molecule has 2 rings (SSSR count). The standard InChI is InChI=1S/C11H15BrClN3O2/c1-16-3-4-18-8(5-16)11-14-7(6-17-2)9(12)10(13)15-11/h8H,3-6H2,1-2H3. The molecule has 0 amide bonds. The first-order valence-corrected chi connectivity index (χ1v) is 6.79. The summed E-state index contributed by atoms with van der Waals surface area (Å²) in [7, 11) is 3.67. The average Bonchev–Trinajstić information content (AvgIpc) is 2.35. The van der Waals surface area contributed by atoms with Crippen LogP contribution in [0.15, 0.2) is 4.47 Å². The third-order valence-electron chi connectivity index (χ3n) is 2.74. The highest BCUT2D eigenvalue weighted by Crippen LogP contribution is 2.27. The first kappa shape index (κ1) is 14.1. The van der Waals surface area contributed by atoms with Crippen LogP contribution in [0.5, 0.6) is 0 Å². The van der Waals surface area contributed by atoms with Crippen LogP contribution in [0.3, 0.4) is 0 Å². The lowest BCUT2D eigenvalue weighted by Gasteiger charge is -2.29.